The lowest BCUT2D eigenvalue weighted by atomic mass is 10.1. The average molecular weight is 428 g/mol. The molecule has 3 N–H and O–H groups in total. The Hall–Kier alpha value is -2.68. The van der Waals surface area contributed by atoms with E-state index in [9.17, 15) is 13.2 Å². The van der Waals surface area contributed by atoms with Crippen molar-refractivity contribution in [3.63, 3.8) is 0 Å². The van der Waals surface area contributed by atoms with Crippen LogP contribution in [0.2, 0.25) is 0 Å². The zero-order valence-corrected chi connectivity index (χ0v) is 17.3. The predicted molar refractivity (Wildman–Crippen MR) is 116 cm³/mol. The Morgan fingerprint density at radius 3 is 2.62 bits per heavy atom. The van der Waals surface area contributed by atoms with Gasteiger partial charge in [-0.05, 0) is 53.3 Å². The van der Waals surface area contributed by atoms with Crippen LogP contribution in [0.4, 0.5) is 11.4 Å². The van der Waals surface area contributed by atoms with E-state index in [1.54, 1.807) is 23.5 Å². The minimum atomic E-state index is -3.74. The van der Waals surface area contributed by atoms with Crippen LogP contribution in [-0.4, -0.2) is 20.9 Å². The maximum absolute atomic E-state index is 12.6. The molecule has 2 heterocycles. The van der Waals surface area contributed by atoms with Crippen LogP contribution in [0.1, 0.15) is 16.0 Å². The standard InChI is InChI=1S/C21H21N3O3S2/c22-29(26,27)17-7-5-15(6-8-17)13-21(25)23-18-3-1-2-4-19(18)24-11-9-20-16(14-24)10-12-28-20/h1-8,10,12H,9,11,13-14H2,(H,23,25)(H2,22,26,27). The minimum absolute atomic E-state index is 0.0323. The lowest BCUT2D eigenvalue weighted by Crippen LogP contribution is -2.30. The number of nitrogens with one attached hydrogen (secondary N) is 1. The van der Waals surface area contributed by atoms with Crippen molar-refractivity contribution < 1.29 is 13.2 Å². The first-order valence-corrected chi connectivity index (χ1v) is 11.6. The summed E-state index contributed by atoms with van der Waals surface area (Å²) >= 11 is 1.80. The molecular formula is C21H21N3O3S2. The summed E-state index contributed by atoms with van der Waals surface area (Å²) in [4.78, 5) is 16.3. The molecule has 0 atom stereocenters. The number of hydrogen-bond acceptors (Lipinski definition) is 5. The fourth-order valence-corrected chi connectivity index (χ4v) is 4.89. The maximum atomic E-state index is 12.6. The van der Waals surface area contributed by atoms with Gasteiger partial charge in [0, 0.05) is 18.0 Å². The summed E-state index contributed by atoms with van der Waals surface area (Å²) in [7, 11) is -3.74. The van der Waals surface area contributed by atoms with Crippen molar-refractivity contribution in [1.29, 1.82) is 0 Å². The van der Waals surface area contributed by atoms with Crippen LogP contribution in [0.5, 0.6) is 0 Å². The third-order valence-corrected chi connectivity index (χ3v) is 6.90. The number of nitrogens with zero attached hydrogens (tertiary/aromatic N) is 1. The monoisotopic (exact) mass is 427 g/mol. The van der Waals surface area contributed by atoms with Crippen LogP contribution < -0.4 is 15.4 Å². The molecule has 1 aliphatic heterocycles. The van der Waals surface area contributed by atoms with Crippen molar-refractivity contribution in [2.45, 2.75) is 24.3 Å². The summed E-state index contributed by atoms with van der Waals surface area (Å²) < 4.78 is 22.7. The fraction of sp³-hybridized carbons (Fsp3) is 0.190. The molecule has 29 heavy (non-hydrogen) atoms. The molecule has 0 radical (unpaired) electrons. The summed E-state index contributed by atoms with van der Waals surface area (Å²) in [5.41, 5.74) is 3.84. The molecule has 0 saturated carbocycles. The van der Waals surface area contributed by atoms with E-state index in [0.717, 1.165) is 30.9 Å². The van der Waals surface area contributed by atoms with Crippen molar-refractivity contribution in [3.05, 3.63) is 76.0 Å². The Balaban J connectivity index is 1.47. The molecule has 150 valence electrons. The molecule has 0 aliphatic carbocycles. The number of carbonyl (C=O) groups is 1. The normalized spacial score (nSPS) is 13.8. The largest absolute Gasteiger partial charge is 0.365 e. The number of hydrogen-bond donors (Lipinski definition) is 2. The summed E-state index contributed by atoms with van der Waals surface area (Å²) in [6, 6.07) is 16.0. The van der Waals surface area contributed by atoms with Gasteiger partial charge in [-0.2, -0.15) is 0 Å². The Morgan fingerprint density at radius 2 is 1.86 bits per heavy atom. The summed E-state index contributed by atoms with van der Waals surface area (Å²) in [5, 5.41) is 10.2. The molecule has 8 heteroatoms. The highest BCUT2D eigenvalue weighted by Crippen LogP contribution is 2.32. The molecule has 0 saturated heterocycles. The van der Waals surface area contributed by atoms with Crippen LogP contribution in [0.3, 0.4) is 0 Å². The van der Waals surface area contributed by atoms with Crippen LogP contribution >= 0.6 is 11.3 Å². The molecule has 1 aromatic heterocycles. The van der Waals surface area contributed by atoms with Gasteiger partial charge < -0.3 is 10.2 Å². The number of thiophene rings is 1. The lowest BCUT2D eigenvalue weighted by molar-refractivity contribution is -0.115. The Bertz CT molecular complexity index is 1140. The fourth-order valence-electron chi connectivity index (χ4n) is 3.49. The number of carbonyl (C=O) groups excluding carboxylic acids is 1. The smallest absolute Gasteiger partial charge is 0.238 e. The molecule has 0 bridgehead atoms. The Morgan fingerprint density at radius 1 is 1.10 bits per heavy atom. The highest BCUT2D eigenvalue weighted by Gasteiger charge is 2.20. The second-order valence-corrected chi connectivity index (χ2v) is 9.53. The predicted octanol–water partition coefficient (Wildman–Crippen LogP) is 3.14. The van der Waals surface area contributed by atoms with Gasteiger partial charge in [-0.25, -0.2) is 13.6 Å². The highest BCUT2D eigenvalue weighted by molar-refractivity contribution is 7.89. The van der Waals surface area contributed by atoms with Gasteiger partial charge in [0.1, 0.15) is 0 Å². The van der Waals surface area contributed by atoms with Gasteiger partial charge in [0.2, 0.25) is 15.9 Å². The van der Waals surface area contributed by atoms with Gasteiger partial charge in [-0.3, -0.25) is 4.79 Å². The van der Waals surface area contributed by atoms with E-state index in [1.165, 1.54) is 22.6 Å². The molecule has 1 amide bonds. The topological polar surface area (TPSA) is 92.5 Å². The van der Waals surface area contributed by atoms with Gasteiger partial charge in [0.05, 0.1) is 22.7 Å². The molecule has 0 fully saturated rings. The van der Waals surface area contributed by atoms with Gasteiger partial charge in [-0.1, -0.05) is 24.3 Å². The molecule has 0 unspecified atom stereocenters. The van der Waals surface area contributed by atoms with Crippen molar-refractivity contribution in [2.24, 2.45) is 5.14 Å². The molecular weight excluding hydrogens is 406 g/mol. The second-order valence-electron chi connectivity index (χ2n) is 6.97. The number of amides is 1. The lowest BCUT2D eigenvalue weighted by Gasteiger charge is -2.30. The van der Waals surface area contributed by atoms with E-state index in [-0.39, 0.29) is 17.2 Å². The first kappa shape index (κ1) is 19.6. The van der Waals surface area contributed by atoms with Gasteiger partial charge in [0.15, 0.2) is 0 Å². The van der Waals surface area contributed by atoms with Gasteiger partial charge >= 0.3 is 0 Å². The second kappa shape index (κ2) is 7.98. The number of para-hydroxylation sites is 2. The molecule has 4 rings (SSSR count). The van der Waals surface area contributed by atoms with Crippen LogP contribution in [0.25, 0.3) is 0 Å². The molecule has 3 aromatic rings. The van der Waals surface area contributed by atoms with E-state index < -0.39 is 10.0 Å². The average Bonchev–Trinajstić information content (AvgIpc) is 3.16. The maximum Gasteiger partial charge on any atom is 0.238 e. The third-order valence-electron chi connectivity index (χ3n) is 4.94. The summed E-state index contributed by atoms with van der Waals surface area (Å²) in [5.74, 6) is -0.158. The Labute approximate surface area is 174 Å². The zero-order chi connectivity index (χ0) is 20.4. The third kappa shape index (κ3) is 4.50. The Kier molecular flexibility index (Phi) is 5.40. The number of benzene rings is 2. The van der Waals surface area contributed by atoms with Crippen LogP contribution in [0.15, 0.2) is 64.9 Å². The summed E-state index contributed by atoms with van der Waals surface area (Å²) in [6.45, 7) is 1.75. The van der Waals surface area contributed by atoms with E-state index >= 15 is 0 Å². The number of primary sulfonamides is 1. The first-order valence-electron chi connectivity index (χ1n) is 9.21. The van der Waals surface area contributed by atoms with Crippen molar-refractivity contribution in [2.75, 3.05) is 16.8 Å². The van der Waals surface area contributed by atoms with E-state index in [2.05, 4.69) is 21.7 Å². The zero-order valence-electron chi connectivity index (χ0n) is 15.7. The number of rotatable bonds is 5. The number of fused-ring (bicyclic) bond motifs is 1. The SMILES string of the molecule is NS(=O)(=O)c1ccc(CC(=O)Nc2ccccc2N2CCc3sccc3C2)cc1. The molecule has 6 nitrogen and oxygen atoms in total. The number of nitrogens with two attached hydrogens (primary N) is 1. The van der Waals surface area contributed by atoms with E-state index in [1.807, 2.05) is 24.3 Å². The molecule has 1 aliphatic rings. The van der Waals surface area contributed by atoms with Crippen LogP contribution in [0, 0.1) is 0 Å². The first-order chi connectivity index (χ1) is 13.9. The van der Waals surface area contributed by atoms with Crippen molar-refractivity contribution in [3.8, 4) is 0 Å². The molecule has 0 spiro atoms. The van der Waals surface area contributed by atoms with Crippen LogP contribution in [-0.2, 0) is 34.2 Å². The van der Waals surface area contributed by atoms with Crippen molar-refractivity contribution >= 4 is 38.6 Å². The summed E-state index contributed by atoms with van der Waals surface area (Å²) in [6.07, 6.45) is 1.15. The van der Waals surface area contributed by atoms with E-state index in [4.69, 9.17) is 5.14 Å². The van der Waals surface area contributed by atoms with E-state index in [0.29, 0.717) is 5.56 Å². The van der Waals surface area contributed by atoms with Gasteiger partial charge in [0.25, 0.3) is 0 Å². The van der Waals surface area contributed by atoms with Gasteiger partial charge in [-0.15, -0.1) is 11.3 Å². The number of sulfonamides is 1. The molecule has 2 aromatic carbocycles. The minimum Gasteiger partial charge on any atom is -0.365 e. The highest BCUT2D eigenvalue weighted by atomic mass is 32.2. The van der Waals surface area contributed by atoms with Crippen molar-refractivity contribution in [1.82, 2.24) is 0 Å². The quantitative estimate of drug-likeness (QED) is 0.654. The number of anilines is 2.